The summed E-state index contributed by atoms with van der Waals surface area (Å²) in [4.78, 5) is 23.0. The Morgan fingerprint density at radius 3 is 2.72 bits per heavy atom. The van der Waals surface area contributed by atoms with Gasteiger partial charge >= 0.3 is 0 Å². The summed E-state index contributed by atoms with van der Waals surface area (Å²) in [6, 6.07) is 5.41. The van der Waals surface area contributed by atoms with Crippen LogP contribution >= 0.6 is 0 Å². The maximum atomic E-state index is 11.6. The van der Waals surface area contributed by atoms with Gasteiger partial charge in [-0.05, 0) is 11.6 Å². The SMILES string of the molecule is CC(C)(C)c1cc(=O)[nH]c(Cc2cccnc2)n1. The largest absolute Gasteiger partial charge is 0.310 e. The molecule has 0 bridgehead atoms. The summed E-state index contributed by atoms with van der Waals surface area (Å²) in [6.45, 7) is 6.13. The number of rotatable bonds is 2. The Morgan fingerprint density at radius 2 is 2.11 bits per heavy atom. The number of hydrogen-bond acceptors (Lipinski definition) is 3. The van der Waals surface area contributed by atoms with Gasteiger partial charge in [-0.25, -0.2) is 4.98 Å². The lowest BCUT2D eigenvalue weighted by Gasteiger charge is -2.17. The summed E-state index contributed by atoms with van der Waals surface area (Å²) in [5, 5.41) is 0. The highest BCUT2D eigenvalue weighted by Gasteiger charge is 2.17. The van der Waals surface area contributed by atoms with Crippen molar-refractivity contribution >= 4 is 0 Å². The number of nitrogens with zero attached hydrogens (tertiary/aromatic N) is 2. The zero-order valence-electron chi connectivity index (χ0n) is 10.9. The molecule has 0 unspecified atom stereocenters. The van der Waals surface area contributed by atoms with Crippen LogP contribution < -0.4 is 5.56 Å². The lowest BCUT2D eigenvalue weighted by Crippen LogP contribution is -2.21. The molecule has 4 nitrogen and oxygen atoms in total. The quantitative estimate of drug-likeness (QED) is 0.878. The van der Waals surface area contributed by atoms with E-state index in [1.165, 1.54) is 0 Å². The Hall–Kier alpha value is -1.97. The van der Waals surface area contributed by atoms with Crippen molar-refractivity contribution in [2.75, 3.05) is 0 Å². The predicted molar refractivity (Wildman–Crippen MR) is 70.6 cm³/mol. The molecule has 0 fully saturated rings. The van der Waals surface area contributed by atoms with Gasteiger partial charge in [0.25, 0.3) is 5.56 Å². The van der Waals surface area contributed by atoms with Crippen LogP contribution in [0.5, 0.6) is 0 Å². The number of aromatic nitrogens is 3. The van der Waals surface area contributed by atoms with E-state index in [1.54, 1.807) is 18.5 Å². The molecule has 0 saturated heterocycles. The molecule has 0 aliphatic heterocycles. The van der Waals surface area contributed by atoms with E-state index in [0.717, 1.165) is 11.3 Å². The average Bonchev–Trinajstić information content (AvgIpc) is 2.28. The van der Waals surface area contributed by atoms with Gasteiger partial charge < -0.3 is 4.98 Å². The first-order valence-electron chi connectivity index (χ1n) is 5.95. The molecule has 2 aromatic heterocycles. The van der Waals surface area contributed by atoms with Crippen LogP contribution in [0.2, 0.25) is 0 Å². The lowest BCUT2D eigenvalue weighted by molar-refractivity contribution is 0.561. The van der Waals surface area contributed by atoms with Crippen molar-refractivity contribution in [3.05, 3.63) is 58.0 Å². The summed E-state index contributed by atoms with van der Waals surface area (Å²) in [7, 11) is 0. The van der Waals surface area contributed by atoms with E-state index in [1.807, 2.05) is 32.9 Å². The van der Waals surface area contributed by atoms with Gasteiger partial charge in [0.1, 0.15) is 5.82 Å². The molecule has 0 radical (unpaired) electrons. The van der Waals surface area contributed by atoms with Crippen LogP contribution in [0.25, 0.3) is 0 Å². The van der Waals surface area contributed by atoms with Crippen molar-refractivity contribution in [2.45, 2.75) is 32.6 Å². The van der Waals surface area contributed by atoms with Crippen LogP contribution in [0, 0.1) is 0 Å². The average molecular weight is 243 g/mol. The van der Waals surface area contributed by atoms with Gasteiger partial charge in [0.15, 0.2) is 0 Å². The fraction of sp³-hybridized carbons (Fsp3) is 0.357. The Labute approximate surface area is 106 Å². The molecule has 0 aliphatic rings. The summed E-state index contributed by atoms with van der Waals surface area (Å²) in [6.07, 6.45) is 4.10. The van der Waals surface area contributed by atoms with E-state index in [2.05, 4.69) is 15.0 Å². The summed E-state index contributed by atoms with van der Waals surface area (Å²) < 4.78 is 0. The molecular weight excluding hydrogens is 226 g/mol. The molecule has 0 aromatic carbocycles. The third kappa shape index (κ3) is 3.03. The van der Waals surface area contributed by atoms with E-state index < -0.39 is 0 Å². The molecule has 0 spiro atoms. The predicted octanol–water partition coefficient (Wildman–Crippen LogP) is 2.05. The van der Waals surface area contributed by atoms with Crippen LogP contribution in [0.15, 0.2) is 35.4 Å². The first kappa shape index (κ1) is 12.5. The Morgan fingerprint density at radius 1 is 1.33 bits per heavy atom. The minimum atomic E-state index is -0.127. The second-order valence-electron chi connectivity index (χ2n) is 5.37. The molecule has 4 heteroatoms. The first-order valence-corrected chi connectivity index (χ1v) is 5.95. The van der Waals surface area contributed by atoms with E-state index in [0.29, 0.717) is 12.2 Å². The van der Waals surface area contributed by atoms with Gasteiger partial charge in [0, 0.05) is 30.3 Å². The van der Waals surface area contributed by atoms with Gasteiger partial charge in [-0.1, -0.05) is 26.8 Å². The molecule has 0 saturated carbocycles. The minimum absolute atomic E-state index is 0.103. The third-order valence-corrected chi connectivity index (χ3v) is 2.65. The standard InChI is InChI=1S/C14H17N3O/c1-14(2,3)11-8-13(18)17-12(16-11)7-10-5-4-6-15-9-10/h4-6,8-9H,7H2,1-3H3,(H,16,17,18). The molecule has 1 N–H and O–H groups in total. The molecule has 94 valence electrons. The molecular formula is C14H17N3O. The van der Waals surface area contributed by atoms with Crippen molar-refractivity contribution in [1.29, 1.82) is 0 Å². The molecule has 0 atom stereocenters. The van der Waals surface area contributed by atoms with Gasteiger partial charge in [0.05, 0.1) is 5.69 Å². The highest BCUT2D eigenvalue weighted by atomic mass is 16.1. The van der Waals surface area contributed by atoms with E-state index >= 15 is 0 Å². The lowest BCUT2D eigenvalue weighted by atomic mass is 9.92. The first-order chi connectivity index (χ1) is 8.45. The van der Waals surface area contributed by atoms with Crippen molar-refractivity contribution in [3.8, 4) is 0 Å². The molecule has 2 heterocycles. The fourth-order valence-corrected chi connectivity index (χ4v) is 1.67. The third-order valence-electron chi connectivity index (χ3n) is 2.65. The monoisotopic (exact) mass is 243 g/mol. The van der Waals surface area contributed by atoms with E-state index in [9.17, 15) is 4.79 Å². The topological polar surface area (TPSA) is 58.6 Å². The zero-order chi connectivity index (χ0) is 13.2. The van der Waals surface area contributed by atoms with Gasteiger partial charge in [0.2, 0.25) is 0 Å². The van der Waals surface area contributed by atoms with Crippen molar-refractivity contribution in [1.82, 2.24) is 15.0 Å². The van der Waals surface area contributed by atoms with Crippen molar-refractivity contribution in [3.63, 3.8) is 0 Å². The number of H-pyrrole nitrogens is 1. The second-order valence-corrected chi connectivity index (χ2v) is 5.37. The molecule has 0 aliphatic carbocycles. The Kier molecular flexibility index (Phi) is 3.28. The highest BCUT2D eigenvalue weighted by molar-refractivity contribution is 5.17. The van der Waals surface area contributed by atoms with Crippen LogP contribution in [0.3, 0.4) is 0 Å². The number of hydrogen-bond donors (Lipinski definition) is 1. The Bertz CT molecular complexity index is 582. The van der Waals surface area contributed by atoms with Crippen LogP contribution in [0.1, 0.15) is 37.9 Å². The Balaban J connectivity index is 2.35. The fourth-order valence-electron chi connectivity index (χ4n) is 1.67. The normalized spacial score (nSPS) is 11.5. The minimum Gasteiger partial charge on any atom is -0.310 e. The van der Waals surface area contributed by atoms with Gasteiger partial charge in [-0.3, -0.25) is 9.78 Å². The van der Waals surface area contributed by atoms with Crippen LogP contribution in [-0.2, 0) is 11.8 Å². The van der Waals surface area contributed by atoms with Crippen molar-refractivity contribution < 1.29 is 0 Å². The molecule has 2 rings (SSSR count). The summed E-state index contributed by atoms with van der Waals surface area (Å²) in [5.41, 5.74) is 1.61. The van der Waals surface area contributed by atoms with Gasteiger partial charge in [-0.15, -0.1) is 0 Å². The summed E-state index contributed by atoms with van der Waals surface area (Å²) >= 11 is 0. The number of pyridine rings is 1. The maximum Gasteiger partial charge on any atom is 0.251 e. The molecule has 2 aromatic rings. The van der Waals surface area contributed by atoms with E-state index in [-0.39, 0.29) is 11.0 Å². The smallest absolute Gasteiger partial charge is 0.251 e. The summed E-state index contributed by atoms with van der Waals surface area (Å²) in [5.74, 6) is 0.681. The van der Waals surface area contributed by atoms with Crippen LogP contribution in [-0.4, -0.2) is 15.0 Å². The number of nitrogens with one attached hydrogen (secondary N) is 1. The van der Waals surface area contributed by atoms with E-state index in [4.69, 9.17) is 0 Å². The second kappa shape index (κ2) is 4.72. The molecule has 0 amide bonds. The highest BCUT2D eigenvalue weighted by Crippen LogP contribution is 2.18. The maximum absolute atomic E-state index is 11.6. The molecule has 18 heavy (non-hydrogen) atoms. The zero-order valence-corrected chi connectivity index (χ0v) is 10.9. The number of aromatic amines is 1. The van der Waals surface area contributed by atoms with Gasteiger partial charge in [-0.2, -0.15) is 0 Å². The van der Waals surface area contributed by atoms with Crippen LogP contribution in [0.4, 0.5) is 0 Å². The van der Waals surface area contributed by atoms with Crippen molar-refractivity contribution in [2.24, 2.45) is 0 Å².